The van der Waals surface area contributed by atoms with Crippen molar-refractivity contribution in [3.05, 3.63) is 35.4 Å². The van der Waals surface area contributed by atoms with E-state index in [9.17, 15) is 0 Å². The average molecular weight is 222 g/mol. The zero-order valence-electron chi connectivity index (χ0n) is 10.6. The fourth-order valence-corrected chi connectivity index (χ4v) is 1.89. The Hall–Kier alpha value is -0.860. The molecule has 1 rings (SSSR count). The van der Waals surface area contributed by atoms with Crippen molar-refractivity contribution >= 4 is 0 Å². The maximum Gasteiger partial charge on any atom is 0.152 e. The summed E-state index contributed by atoms with van der Waals surface area (Å²) >= 11 is 0. The SMILES string of the molecule is CC(C)c1ccc(C(C)(C)CC(O)O)cc1. The second-order valence-corrected chi connectivity index (χ2v) is 5.35. The number of hydrogen-bond donors (Lipinski definition) is 2. The van der Waals surface area contributed by atoms with Crippen LogP contribution in [0.25, 0.3) is 0 Å². The first kappa shape index (κ1) is 13.2. The van der Waals surface area contributed by atoms with E-state index in [0.717, 1.165) is 5.56 Å². The second kappa shape index (κ2) is 4.98. The van der Waals surface area contributed by atoms with E-state index in [1.165, 1.54) is 5.56 Å². The number of hydrogen-bond acceptors (Lipinski definition) is 2. The largest absolute Gasteiger partial charge is 0.368 e. The molecule has 1 aromatic carbocycles. The first-order valence-electron chi connectivity index (χ1n) is 5.79. The van der Waals surface area contributed by atoms with Crippen LogP contribution in [0.2, 0.25) is 0 Å². The quantitative estimate of drug-likeness (QED) is 0.769. The molecule has 0 saturated heterocycles. The van der Waals surface area contributed by atoms with Gasteiger partial charge in [-0.25, -0.2) is 0 Å². The van der Waals surface area contributed by atoms with E-state index in [2.05, 4.69) is 38.1 Å². The number of aliphatic hydroxyl groups is 2. The standard InChI is InChI=1S/C14H22O2/c1-10(2)11-5-7-12(8-6-11)14(3,4)9-13(15)16/h5-8,10,13,15-16H,9H2,1-4H3. The summed E-state index contributed by atoms with van der Waals surface area (Å²) < 4.78 is 0. The minimum atomic E-state index is -1.25. The summed E-state index contributed by atoms with van der Waals surface area (Å²) in [7, 11) is 0. The molecule has 0 unspecified atom stereocenters. The van der Waals surface area contributed by atoms with Gasteiger partial charge < -0.3 is 10.2 Å². The lowest BCUT2D eigenvalue weighted by Crippen LogP contribution is -2.24. The van der Waals surface area contributed by atoms with Crippen LogP contribution in [0.15, 0.2) is 24.3 Å². The molecule has 0 aromatic heterocycles. The Balaban J connectivity index is 2.88. The van der Waals surface area contributed by atoms with Crippen LogP contribution in [0.4, 0.5) is 0 Å². The van der Waals surface area contributed by atoms with E-state index >= 15 is 0 Å². The van der Waals surface area contributed by atoms with Crippen LogP contribution in [-0.2, 0) is 5.41 Å². The minimum absolute atomic E-state index is 0.205. The summed E-state index contributed by atoms with van der Waals surface area (Å²) in [5.74, 6) is 0.528. The third-order valence-corrected chi connectivity index (χ3v) is 3.05. The predicted octanol–water partition coefficient (Wildman–Crippen LogP) is 2.79. The highest BCUT2D eigenvalue weighted by Gasteiger charge is 2.23. The van der Waals surface area contributed by atoms with Gasteiger partial charge in [0, 0.05) is 6.42 Å². The molecule has 0 atom stereocenters. The van der Waals surface area contributed by atoms with Gasteiger partial charge in [-0.05, 0) is 22.5 Å². The molecular weight excluding hydrogens is 200 g/mol. The molecule has 0 radical (unpaired) electrons. The molecule has 0 spiro atoms. The van der Waals surface area contributed by atoms with Gasteiger partial charge in [0.25, 0.3) is 0 Å². The molecule has 0 aliphatic carbocycles. The number of benzene rings is 1. The molecule has 0 heterocycles. The normalized spacial score (nSPS) is 12.5. The van der Waals surface area contributed by atoms with Crippen molar-refractivity contribution in [2.24, 2.45) is 0 Å². The Kier molecular flexibility index (Phi) is 4.11. The molecule has 1 aromatic rings. The third-order valence-electron chi connectivity index (χ3n) is 3.05. The van der Waals surface area contributed by atoms with Crippen LogP contribution in [0, 0.1) is 0 Å². The molecular formula is C14H22O2. The van der Waals surface area contributed by atoms with Crippen LogP contribution < -0.4 is 0 Å². The first-order valence-corrected chi connectivity index (χ1v) is 5.79. The van der Waals surface area contributed by atoms with Crippen LogP contribution in [-0.4, -0.2) is 16.5 Å². The summed E-state index contributed by atoms with van der Waals surface area (Å²) in [6, 6.07) is 8.40. The van der Waals surface area contributed by atoms with Gasteiger partial charge in [0.2, 0.25) is 0 Å². The van der Waals surface area contributed by atoms with Crippen molar-refractivity contribution in [3.63, 3.8) is 0 Å². The van der Waals surface area contributed by atoms with Gasteiger partial charge in [-0.3, -0.25) is 0 Å². The van der Waals surface area contributed by atoms with Crippen molar-refractivity contribution < 1.29 is 10.2 Å². The Morgan fingerprint density at radius 1 is 1.06 bits per heavy atom. The molecule has 90 valence electrons. The van der Waals surface area contributed by atoms with Crippen LogP contribution in [0.5, 0.6) is 0 Å². The lowest BCUT2D eigenvalue weighted by atomic mass is 9.80. The summed E-state index contributed by atoms with van der Waals surface area (Å²) in [5.41, 5.74) is 2.25. The highest BCUT2D eigenvalue weighted by molar-refractivity contribution is 5.29. The van der Waals surface area contributed by atoms with Crippen molar-refractivity contribution in [2.45, 2.75) is 51.7 Å². The molecule has 0 aliphatic rings. The van der Waals surface area contributed by atoms with Crippen molar-refractivity contribution in [1.29, 1.82) is 0 Å². The van der Waals surface area contributed by atoms with Gasteiger partial charge in [-0.15, -0.1) is 0 Å². The highest BCUT2D eigenvalue weighted by Crippen LogP contribution is 2.29. The summed E-state index contributed by atoms with van der Waals surface area (Å²) in [5, 5.41) is 18.1. The molecule has 0 saturated carbocycles. The fraction of sp³-hybridized carbons (Fsp3) is 0.571. The van der Waals surface area contributed by atoms with Gasteiger partial charge >= 0.3 is 0 Å². The van der Waals surface area contributed by atoms with Crippen molar-refractivity contribution in [3.8, 4) is 0 Å². The number of rotatable bonds is 4. The lowest BCUT2D eigenvalue weighted by molar-refractivity contribution is -0.0573. The van der Waals surface area contributed by atoms with Gasteiger partial charge in [-0.1, -0.05) is 52.0 Å². The van der Waals surface area contributed by atoms with Gasteiger partial charge in [0.15, 0.2) is 6.29 Å². The Morgan fingerprint density at radius 3 is 1.94 bits per heavy atom. The number of aliphatic hydroxyl groups excluding tert-OH is 1. The van der Waals surface area contributed by atoms with E-state index in [-0.39, 0.29) is 5.41 Å². The summed E-state index contributed by atoms with van der Waals surface area (Å²) in [4.78, 5) is 0. The van der Waals surface area contributed by atoms with Crippen LogP contribution in [0.3, 0.4) is 0 Å². The van der Waals surface area contributed by atoms with E-state index in [0.29, 0.717) is 12.3 Å². The topological polar surface area (TPSA) is 40.5 Å². The van der Waals surface area contributed by atoms with E-state index in [1.807, 2.05) is 13.8 Å². The molecule has 2 heteroatoms. The van der Waals surface area contributed by atoms with Gasteiger partial charge in [0.05, 0.1) is 0 Å². The first-order chi connectivity index (χ1) is 7.33. The van der Waals surface area contributed by atoms with Gasteiger partial charge in [0.1, 0.15) is 0 Å². The molecule has 0 amide bonds. The highest BCUT2D eigenvalue weighted by atomic mass is 16.5. The summed E-state index contributed by atoms with van der Waals surface area (Å²) in [6.45, 7) is 8.38. The van der Waals surface area contributed by atoms with Gasteiger partial charge in [-0.2, -0.15) is 0 Å². The maximum absolute atomic E-state index is 9.05. The third kappa shape index (κ3) is 3.32. The Morgan fingerprint density at radius 2 is 1.56 bits per heavy atom. The minimum Gasteiger partial charge on any atom is -0.368 e. The molecule has 0 bridgehead atoms. The zero-order valence-corrected chi connectivity index (χ0v) is 10.6. The van der Waals surface area contributed by atoms with Crippen molar-refractivity contribution in [1.82, 2.24) is 0 Å². The summed E-state index contributed by atoms with van der Waals surface area (Å²) in [6.07, 6.45) is -0.895. The maximum atomic E-state index is 9.05. The molecule has 0 fully saturated rings. The molecule has 2 nitrogen and oxygen atoms in total. The molecule has 0 aliphatic heterocycles. The predicted molar refractivity (Wildman–Crippen MR) is 66.4 cm³/mol. The fourth-order valence-electron chi connectivity index (χ4n) is 1.89. The lowest BCUT2D eigenvalue weighted by Gasteiger charge is -2.26. The Labute approximate surface area is 97.9 Å². The second-order valence-electron chi connectivity index (χ2n) is 5.35. The Bertz CT molecular complexity index is 323. The van der Waals surface area contributed by atoms with E-state index < -0.39 is 6.29 Å². The zero-order chi connectivity index (χ0) is 12.3. The van der Waals surface area contributed by atoms with Crippen LogP contribution >= 0.6 is 0 Å². The van der Waals surface area contributed by atoms with E-state index in [1.54, 1.807) is 0 Å². The van der Waals surface area contributed by atoms with E-state index in [4.69, 9.17) is 10.2 Å². The van der Waals surface area contributed by atoms with Crippen LogP contribution in [0.1, 0.15) is 51.2 Å². The van der Waals surface area contributed by atoms with Crippen molar-refractivity contribution in [2.75, 3.05) is 0 Å². The average Bonchev–Trinajstić information content (AvgIpc) is 2.16. The monoisotopic (exact) mass is 222 g/mol. The smallest absolute Gasteiger partial charge is 0.152 e. The molecule has 2 N–H and O–H groups in total. The molecule has 16 heavy (non-hydrogen) atoms.